The molecule has 2 aromatic rings. The lowest BCUT2D eigenvalue weighted by molar-refractivity contribution is 0.606. The molecule has 1 aromatic heterocycles. The van der Waals surface area contributed by atoms with Gasteiger partial charge in [-0.15, -0.1) is 0 Å². The van der Waals surface area contributed by atoms with E-state index in [-0.39, 0.29) is 0 Å². The third-order valence-electron chi connectivity index (χ3n) is 3.27. The van der Waals surface area contributed by atoms with Crippen LogP contribution in [0.1, 0.15) is 25.8 Å². The highest BCUT2D eigenvalue weighted by atomic mass is 35.5. The minimum absolute atomic E-state index is 0.650. The zero-order valence-corrected chi connectivity index (χ0v) is 13.9. The summed E-state index contributed by atoms with van der Waals surface area (Å²) in [6.07, 6.45) is 3.78. The van der Waals surface area contributed by atoms with E-state index in [0.717, 1.165) is 36.8 Å². The molecule has 0 saturated carbocycles. The van der Waals surface area contributed by atoms with Crippen LogP contribution in [-0.4, -0.2) is 23.1 Å². The number of hydrogen-bond donors (Lipinski definition) is 2. The third kappa shape index (κ3) is 5.90. The van der Waals surface area contributed by atoms with Crippen molar-refractivity contribution in [2.24, 2.45) is 5.92 Å². The van der Waals surface area contributed by atoms with E-state index < -0.39 is 0 Å². The van der Waals surface area contributed by atoms with Gasteiger partial charge < -0.3 is 10.6 Å². The monoisotopic (exact) mass is 318 g/mol. The second kappa shape index (κ2) is 8.59. The number of hydrogen-bond acceptors (Lipinski definition) is 4. The molecule has 0 radical (unpaired) electrons. The molecule has 0 aliphatic carbocycles. The molecule has 1 aromatic carbocycles. The molecule has 0 amide bonds. The average molecular weight is 319 g/mol. The summed E-state index contributed by atoms with van der Waals surface area (Å²) in [5.74, 6) is 2.20. The second-order valence-electron chi connectivity index (χ2n) is 5.68. The molecule has 0 fully saturated rings. The van der Waals surface area contributed by atoms with E-state index >= 15 is 0 Å². The van der Waals surface area contributed by atoms with E-state index in [4.69, 9.17) is 11.6 Å². The lowest BCUT2D eigenvalue weighted by Gasteiger charge is -2.09. The number of rotatable bonds is 8. The van der Waals surface area contributed by atoms with Gasteiger partial charge in [-0.1, -0.05) is 37.6 Å². The van der Waals surface area contributed by atoms with E-state index in [2.05, 4.69) is 40.5 Å². The first kappa shape index (κ1) is 16.6. The molecule has 0 saturated heterocycles. The van der Waals surface area contributed by atoms with Crippen LogP contribution in [0.2, 0.25) is 5.02 Å². The van der Waals surface area contributed by atoms with Crippen molar-refractivity contribution < 1.29 is 0 Å². The topological polar surface area (TPSA) is 49.8 Å². The Labute approximate surface area is 137 Å². The van der Waals surface area contributed by atoms with Crippen LogP contribution < -0.4 is 10.6 Å². The predicted octanol–water partition coefficient (Wildman–Crippen LogP) is 4.24. The second-order valence-corrected chi connectivity index (χ2v) is 6.12. The molecule has 2 rings (SSSR count). The third-order valence-corrected chi connectivity index (χ3v) is 3.50. The molecular weight excluding hydrogens is 296 g/mol. The predicted molar refractivity (Wildman–Crippen MR) is 93.6 cm³/mol. The van der Waals surface area contributed by atoms with Crippen molar-refractivity contribution in [3.05, 3.63) is 47.1 Å². The Hall–Kier alpha value is -1.81. The van der Waals surface area contributed by atoms with Gasteiger partial charge in [0.05, 0.1) is 0 Å². The minimum Gasteiger partial charge on any atom is -0.370 e. The average Bonchev–Trinajstić information content (AvgIpc) is 2.47. The normalized spacial score (nSPS) is 10.7. The Morgan fingerprint density at radius 2 is 2.00 bits per heavy atom. The van der Waals surface area contributed by atoms with Crippen LogP contribution in [0.4, 0.5) is 11.8 Å². The SMILES string of the molecule is CC(C)CCNc1ccnc(NCCc2cccc(Cl)c2)n1. The van der Waals surface area contributed by atoms with Crippen LogP contribution in [0.3, 0.4) is 0 Å². The number of anilines is 2. The maximum absolute atomic E-state index is 5.98. The van der Waals surface area contributed by atoms with E-state index in [9.17, 15) is 0 Å². The lowest BCUT2D eigenvalue weighted by atomic mass is 10.1. The van der Waals surface area contributed by atoms with Crippen molar-refractivity contribution in [2.45, 2.75) is 26.7 Å². The highest BCUT2D eigenvalue weighted by Crippen LogP contribution is 2.11. The van der Waals surface area contributed by atoms with Crippen LogP contribution in [0, 0.1) is 5.92 Å². The van der Waals surface area contributed by atoms with E-state index in [1.54, 1.807) is 6.20 Å². The number of benzene rings is 1. The lowest BCUT2D eigenvalue weighted by Crippen LogP contribution is -2.10. The van der Waals surface area contributed by atoms with Crippen LogP contribution in [0.5, 0.6) is 0 Å². The molecular formula is C17H23ClN4. The van der Waals surface area contributed by atoms with Crippen LogP contribution in [0.25, 0.3) is 0 Å². The highest BCUT2D eigenvalue weighted by Gasteiger charge is 2.00. The van der Waals surface area contributed by atoms with Gasteiger partial charge in [0, 0.05) is 24.3 Å². The molecule has 1 heterocycles. The fourth-order valence-corrected chi connectivity index (χ4v) is 2.26. The van der Waals surface area contributed by atoms with Gasteiger partial charge in [0.25, 0.3) is 0 Å². The first-order valence-corrected chi connectivity index (χ1v) is 8.06. The summed E-state index contributed by atoms with van der Waals surface area (Å²) in [4.78, 5) is 8.70. The molecule has 22 heavy (non-hydrogen) atoms. The smallest absolute Gasteiger partial charge is 0.224 e. The summed E-state index contributed by atoms with van der Waals surface area (Å²) in [5, 5.41) is 7.34. The van der Waals surface area contributed by atoms with Gasteiger partial charge in [0.15, 0.2) is 0 Å². The van der Waals surface area contributed by atoms with Crippen LogP contribution in [0.15, 0.2) is 36.5 Å². The summed E-state index contributed by atoms with van der Waals surface area (Å²) in [6, 6.07) is 9.79. The molecule has 118 valence electrons. The van der Waals surface area contributed by atoms with Gasteiger partial charge in [-0.25, -0.2) is 4.98 Å². The van der Waals surface area contributed by atoms with E-state index in [1.807, 2.05) is 24.3 Å². The molecule has 0 unspecified atom stereocenters. The Balaban J connectivity index is 1.80. The number of halogens is 1. The maximum atomic E-state index is 5.98. The molecule has 2 N–H and O–H groups in total. The fourth-order valence-electron chi connectivity index (χ4n) is 2.04. The van der Waals surface area contributed by atoms with Gasteiger partial charge in [-0.2, -0.15) is 4.98 Å². The molecule has 0 atom stereocenters. The zero-order valence-electron chi connectivity index (χ0n) is 13.1. The quantitative estimate of drug-likeness (QED) is 0.764. The Kier molecular flexibility index (Phi) is 6.46. The van der Waals surface area contributed by atoms with Crippen molar-refractivity contribution >= 4 is 23.4 Å². The zero-order chi connectivity index (χ0) is 15.8. The molecule has 0 aliphatic rings. The fraction of sp³-hybridized carbons (Fsp3) is 0.412. The summed E-state index contributed by atoms with van der Waals surface area (Å²) in [5.41, 5.74) is 1.20. The van der Waals surface area contributed by atoms with Crippen LogP contribution >= 0.6 is 11.6 Å². The van der Waals surface area contributed by atoms with Gasteiger partial charge in [-0.05, 0) is 42.5 Å². The maximum Gasteiger partial charge on any atom is 0.224 e. The molecule has 0 spiro atoms. The number of nitrogens with zero attached hydrogens (tertiary/aromatic N) is 2. The van der Waals surface area contributed by atoms with E-state index in [1.165, 1.54) is 5.56 Å². The Bertz CT molecular complexity index is 586. The van der Waals surface area contributed by atoms with Gasteiger partial charge in [0.1, 0.15) is 5.82 Å². The summed E-state index contributed by atoms with van der Waals surface area (Å²) >= 11 is 5.98. The van der Waals surface area contributed by atoms with Crippen molar-refractivity contribution in [3.8, 4) is 0 Å². The van der Waals surface area contributed by atoms with E-state index in [0.29, 0.717) is 11.9 Å². The molecule has 5 heteroatoms. The van der Waals surface area contributed by atoms with Gasteiger partial charge in [0.2, 0.25) is 5.95 Å². The van der Waals surface area contributed by atoms with Crippen molar-refractivity contribution in [1.82, 2.24) is 9.97 Å². The van der Waals surface area contributed by atoms with Crippen molar-refractivity contribution in [1.29, 1.82) is 0 Å². The number of aromatic nitrogens is 2. The summed E-state index contributed by atoms with van der Waals surface area (Å²) < 4.78 is 0. The first-order valence-electron chi connectivity index (χ1n) is 7.68. The first-order chi connectivity index (χ1) is 10.6. The highest BCUT2D eigenvalue weighted by molar-refractivity contribution is 6.30. The van der Waals surface area contributed by atoms with Crippen molar-refractivity contribution in [3.63, 3.8) is 0 Å². The van der Waals surface area contributed by atoms with Gasteiger partial charge in [-0.3, -0.25) is 0 Å². The molecule has 0 bridgehead atoms. The minimum atomic E-state index is 0.650. The van der Waals surface area contributed by atoms with Crippen LogP contribution in [-0.2, 0) is 6.42 Å². The summed E-state index contributed by atoms with van der Waals surface area (Å²) in [7, 11) is 0. The molecule has 0 aliphatic heterocycles. The Morgan fingerprint density at radius 1 is 1.14 bits per heavy atom. The van der Waals surface area contributed by atoms with Crippen molar-refractivity contribution in [2.75, 3.05) is 23.7 Å². The summed E-state index contributed by atoms with van der Waals surface area (Å²) in [6.45, 7) is 6.13. The standard InChI is InChI=1S/C17H23ClN4/c1-13(2)6-9-19-16-8-11-21-17(22-16)20-10-7-14-4-3-5-15(18)12-14/h3-5,8,11-13H,6-7,9-10H2,1-2H3,(H2,19,20,21,22). The van der Waals surface area contributed by atoms with Gasteiger partial charge >= 0.3 is 0 Å². The largest absolute Gasteiger partial charge is 0.370 e. The Morgan fingerprint density at radius 3 is 2.77 bits per heavy atom. The number of nitrogens with one attached hydrogen (secondary N) is 2. The molecule has 4 nitrogen and oxygen atoms in total.